The molecule has 0 radical (unpaired) electrons. The van der Waals surface area contributed by atoms with E-state index < -0.39 is 11.6 Å². The third-order valence-corrected chi connectivity index (χ3v) is 5.67. The van der Waals surface area contributed by atoms with Gasteiger partial charge in [-0.15, -0.1) is 0 Å². The van der Waals surface area contributed by atoms with Crippen molar-refractivity contribution in [1.29, 1.82) is 0 Å². The van der Waals surface area contributed by atoms with Crippen LogP contribution in [0.3, 0.4) is 0 Å². The summed E-state index contributed by atoms with van der Waals surface area (Å²) >= 11 is 0. The molecule has 4 rings (SSSR count). The Hall–Kier alpha value is -3.92. The zero-order valence-electron chi connectivity index (χ0n) is 20.9. The summed E-state index contributed by atoms with van der Waals surface area (Å²) in [5.41, 5.74) is 5.09. The molecule has 0 aliphatic heterocycles. The third-order valence-electron chi connectivity index (χ3n) is 5.67. The Morgan fingerprint density at radius 3 is 1.77 bits per heavy atom. The average Bonchev–Trinajstić information content (AvgIpc) is 2.84. The number of hydrogen-bond acceptors (Lipinski definition) is 4. The van der Waals surface area contributed by atoms with Crippen molar-refractivity contribution in [3.8, 4) is 11.1 Å². The second-order valence-electron chi connectivity index (χ2n) is 9.70. The maximum absolute atomic E-state index is 13.1. The topological polar surface area (TPSA) is 42.4 Å². The van der Waals surface area contributed by atoms with E-state index in [4.69, 9.17) is 9.72 Å². The number of rotatable bonds is 7. The summed E-state index contributed by atoms with van der Waals surface area (Å²) in [7, 11) is 0. The van der Waals surface area contributed by atoms with E-state index in [0.29, 0.717) is 18.8 Å². The molecule has 0 aliphatic carbocycles. The largest absolute Gasteiger partial charge is 0.455 e. The molecule has 1 heterocycles. The minimum Gasteiger partial charge on any atom is -0.455 e. The third kappa shape index (κ3) is 6.36. The smallest absolute Gasteiger partial charge is 0.357 e. The summed E-state index contributed by atoms with van der Waals surface area (Å²) in [6, 6.07) is 32.7. The summed E-state index contributed by atoms with van der Waals surface area (Å²) < 4.78 is 5.71. The van der Waals surface area contributed by atoms with Crippen molar-refractivity contribution in [2.24, 2.45) is 0 Å². The van der Waals surface area contributed by atoms with Gasteiger partial charge in [-0.3, -0.25) is 0 Å². The first-order valence-electron chi connectivity index (χ1n) is 11.9. The van der Waals surface area contributed by atoms with Crippen LogP contribution in [0.15, 0.2) is 97.1 Å². The predicted octanol–water partition coefficient (Wildman–Crippen LogP) is 7.22. The molecule has 0 bridgehead atoms. The monoisotopic (exact) mass is 464 g/mol. The van der Waals surface area contributed by atoms with Gasteiger partial charge in [0.05, 0.1) is 0 Å². The Labute approximate surface area is 208 Å². The van der Waals surface area contributed by atoms with Crippen LogP contribution in [0, 0.1) is 6.92 Å². The molecule has 0 unspecified atom stereocenters. The van der Waals surface area contributed by atoms with Gasteiger partial charge in [-0.05, 0) is 61.6 Å². The first-order chi connectivity index (χ1) is 16.8. The fourth-order valence-electron chi connectivity index (χ4n) is 4.07. The Kier molecular flexibility index (Phi) is 7.31. The number of aromatic nitrogens is 1. The summed E-state index contributed by atoms with van der Waals surface area (Å²) in [6.45, 7) is 9.01. The predicted molar refractivity (Wildman–Crippen MR) is 142 cm³/mol. The van der Waals surface area contributed by atoms with Crippen LogP contribution in [-0.4, -0.2) is 16.6 Å². The van der Waals surface area contributed by atoms with Crippen LogP contribution in [0.4, 0.5) is 5.82 Å². The summed E-state index contributed by atoms with van der Waals surface area (Å²) in [4.78, 5) is 20.3. The lowest BCUT2D eigenvalue weighted by Gasteiger charge is -2.28. The number of anilines is 1. The highest BCUT2D eigenvalue weighted by Gasteiger charge is 2.24. The fraction of sp³-hybridized carbons (Fsp3) is 0.226. The minimum absolute atomic E-state index is 0.311. The molecule has 0 N–H and O–H groups in total. The molecule has 0 spiro atoms. The van der Waals surface area contributed by atoms with Gasteiger partial charge < -0.3 is 9.64 Å². The lowest BCUT2D eigenvalue weighted by molar-refractivity contribution is 0.00630. The molecule has 1 aromatic heterocycles. The minimum atomic E-state index is -0.607. The number of benzene rings is 3. The number of carbonyl (C=O) groups is 1. The summed E-state index contributed by atoms with van der Waals surface area (Å²) in [5.74, 6) is 0.357. The van der Waals surface area contributed by atoms with E-state index in [9.17, 15) is 4.79 Å². The second-order valence-corrected chi connectivity index (χ2v) is 9.70. The quantitative estimate of drug-likeness (QED) is 0.271. The van der Waals surface area contributed by atoms with E-state index in [-0.39, 0.29) is 0 Å². The first kappa shape index (κ1) is 24.2. The zero-order chi connectivity index (χ0) is 24.8. The van der Waals surface area contributed by atoms with E-state index in [0.717, 1.165) is 22.5 Å². The van der Waals surface area contributed by atoms with Crippen LogP contribution in [0.2, 0.25) is 0 Å². The van der Waals surface area contributed by atoms with E-state index in [1.165, 1.54) is 11.1 Å². The molecular formula is C31H32N2O2. The Balaban J connectivity index is 1.85. The number of carbonyl (C=O) groups excluding carboxylic acids is 1. The molecule has 4 aromatic rings. The Morgan fingerprint density at radius 1 is 0.800 bits per heavy atom. The number of pyridine rings is 1. The average molecular weight is 465 g/mol. The van der Waals surface area contributed by atoms with Crippen molar-refractivity contribution in [3.63, 3.8) is 0 Å². The molecule has 0 fully saturated rings. The number of ether oxygens (including phenoxy) is 1. The standard InChI is InChI=1S/C31H32N2O2/c1-23-27(26-18-12-7-13-19-26)20-28(30(34)35-31(2,3)4)32-29(23)33(21-24-14-8-5-9-15-24)22-25-16-10-6-11-17-25/h5-20H,21-22H2,1-4H3. The highest BCUT2D eigenvalue weighted by molar-refractivity contribution is 5.91. The van der Waals surface area contributed by atoms with E-state index >= 15 is 0 Å². The summed E-state index contributed by atoms with van der Waals surface area (Å²) in [5, 5.41) is 0. The van der Waals surface area contributed by atoms with Gasteiger partial charge in [0, 0.05) is 13.1 Å². The Morgan fingerprint density at radius 2 is 1.29 bits per heavy atom. The van der Waals surface area contributed by atoms with Crippen LogP contribution in [-0.2, 0) is 17.8 Å². The molecule has 0 saturated heterocycles. The molecule has 0 amide bonds. The van der Waals surface area contributed by atoms with Gasteiger partial charge in [-0.1, -0.05) is 91.0 Å². The highest BCUT2D eigenvalue weighted by atomic mass is 16.6. The van der Waals surface area contributed by atoms with Crippen LogP contribution >= 0.6 is 0 Å². The van der Waals surface area contributed by atoms with Crippen molar-refractivity contribution < 1.29 is 9.53 Å². The van der Waals surface area contributed by atoms with Crippen molar-refractivity contribution in [1.82, 2.24) is 4.98 Å². The number of nitrogens with zero attached hydrogens (tertiary/aromatic N) is 2. The second kappa shape index (κ2) is 10.6. The van der Waals surface area contributed by atoms with Gasteiger partial charge in [0.25, 0.3) is 0 Å². The molecule has 35 heavy (non-hydrogen) atoms. The molecule has 0 aliphatic rings. The van der Waals surface area contributed by atoms with E-state index in [1.807, 2.05) is 81.4 Å². The van der Waals surface area contributed by atoms with E-state index in [2.05, 4.69) is 48.2 Å². The van der Waals surface area contributed by atoms with Crippen LogP contribution in [0.1, 0.15) is 48.0 Å². The maximum Gasteiger partial charge on any atom is 0.357 e. The highest BCUT2D eigenvalue weighted by Crippen LogP contribution is 2.32. The van der Waals surface area contributed by atoms with Crippen LogP contribution in [0.5, 0.6) is 0 Å². The maximum atomic E-state index is 13.1. The number of hydrogen-bond donors (Lipinski definition) is 0. The van der Waals surface area contributed by atoms with Gasteiger partial charge in [0.1, 0.15) is 11.4 Å². The van der Waals surface area contributed by atoms with Gasteiger partial charge in [0.15, 0.2) is 5.69 Å². The SMILES string of the molecule is Cc1c(-c2ccccc2)cc(C(=O)OC(C)(C)C)nc1N(Cc1ccccc1)Cc1ccccc1. The molecule has 4 heteroatoms. The van der Waals surface area contributed by atoms with Crippen molar-refractivity contribution in [2.45, 2.75) is 46.4 Å². The molecule has 178 valence electrons. The van der Waals surface area contributed by atoms with Gasteiger partial charge >= 0.3 is 5.97 Å². The van der Waals surface area contributed by atoms with Crippen molar-refractivity contribution in [3.05, 3.63) is 119 Å². The molecule has 0 atom stereocenters. The van der Waals surface area contributed by atoms with Crippen molar-refractivity contribution >= 4 is 11.8 Å². The zero-order valence-corrected chi connectivity index (χ0v) is 20.9. The van der Waals surface area contributed by atoms with E-state index in [1.54, 1.807) is 0 Å². The molecule has 3 aromatic carbocycles. The van der Waals surface area contributed by atoms with Crippen molar-refractivity contribution in [2.75, 3.05) is 4.90 Å². The normalized spacial score (nSPS) is 11.2. The van der Waals surface area contributed by atoms with Crippen LogP contribution < -0.4 is 4.90 Å². The first-order valence-corrected chi connectivity index (χ1v) is 11.9. The van der Waals surface area contributed by atoms with Gasteiger partial charge in [-0.2, -0.15) is 0 Å². The molecule has 0 saturated carbocycles. The van der Waals surface area contributed by atoms with Crippen LogP contribution in [0.25, 0.3) is 11.1 Å². The molecular weight excluding hydrogens is 432 g/mol. The van der Waals surface area contributed by atoms with Gasteiger partial charge in [0.2, 0.25) is 0 Å². The summed E-state index contributed by atoms with van der Waals surface area (Å²) in [6.07, 6.45) is 0. The number of esters is 1. The fourth-order valence-corrected chi connectivity index (χ4v) is 4.07. The Bertz CT molecular complexity index is 1220. The molecule has 4 nitrogen and oxygen atoms in total. The van der Waals surface area contributed by atoms with Gasteiger partial charge in [-0.25, -0.2) is 9.78 Å². The lowest BCUT2D eigenvalue weighted by Crippen LogP contribution is -2.27. The lowest BCUT2D eigenvalue weighted by atomic mass is 9.99.